The lowest BCUT2D eigenvalue weighted by Gasteiger charge is -2.23. The summed E-state index contributed by atoms with van der Waals surface area (Å²) in [7, 11) is 0. The Kier molecular flexibility index (Phi) is 1.31. The van der Waals surface area contributed by atoms with Crippen molar-refractivity contribution in [3.05, 3.63) is 0 Å². The van der Waals surface area contributed by atoms with Crippen LogP contribution in [-0.4, -0.2) is 12.1 Å². The fraction of sp³-hybridized carbons (Fsp3) is 1.00. The quantitative estimate of drug-likeness (QED) is 0.500. The topological polar surface area (TPSA) is 12.0 Å². The Morgan fingerprint density at radius 3 is 2.25 bits per heavy atom. The minimum absolute atomic E-state index is 0.403. The molecule has 1 fully saturated rings. The average molecular weight is 113 g/mol. The van der Waals surface area contributed by atoms with Crippen LogP contribution >= 0.6 is 0 Å². The second-order valence-corrected chi connectivity index (χ2v) is 3.34. The summed E-state index contributed by atoms with van der Waals surface area (Å²) in [5.74, 6) is 0.850. The van der Waals surface area contributed by atoms with Gasteiger partial charge in [-0.3, -0.25) is 0 Å². The first-order valence-corrected chi connectivity index (χ1v) is 3.38. The predicted molar refractivity (Wildman–Crippen MR) is 35.9 cm³/mol. The molecule has 0 radical (unpaired) electrons. The van der Waals surface area contributed by atoms with Gasteiger partial charge in [-0.1, -0.05) is 6.92 Å². The maximum atomic E-state index is 3.45. The van der Waals surface area contributed by atoms with E-state index >= 15 is 0 Å². The molecular formula is C7H15N. The van der Waals surface area contributed by atoms with Gasteiger partial charge in [-0.05, 0) is 32.7 Å². The molecule has 0 amide bonds. The van der Waals surface area contributed by atoms with E-state index in [1.165, 1.54) is 13.0 Å². The average Bonchev–Trinajstić information content (AvgIpc) is 1.86. The van der Waals surface area contributed by atoms with Crippen LogP contribution in [0.1, 0.15) is 27.2 Å². The van der Waals surface area contributed by atoms with Crippen molar-refractivity contribution in [2.75, 3.05) is 6.54 Å². The normalized spacial score (nSPS) is 35.6. The predicted octanol–water partition coefficient (Wildman–Crippen LogP) is 1.39. The highest BCUT2D eigenvalue weighted by molar-refractivity contribution is 4.89. The van der Waals surface area contributed by atoms with Gasteiger partial charge < -0.3 is 5.32 Å². The number of rotatable bonds is 0. The zero-order valence-corrected chi connectivity index (χ0v) is 5.99. The van der Waals surface area contributed by atoms with Gasteiger partial charge in [-0.25, -0.2) is 0 Å². The van der Waals surface area contributed by atoms with Crippen molar-refractivity contribution >= 4 is 0 Å². The lowest BCUT2D eigenvalue weighted by molar-refractivity contribution is 0.358. The molecule has 0 spiro atoms. The van der Waals surface area contributed by atoms with Gasteiger partial charge in [0.1, 0.15) is 0 Å². The molecule has 1 heteroatoms. The molecule has 1 atom stereocenters. The largest absolute Gasteiger partial charge is 0.312 e. The second kappa shape index (κ2) is 1.73. The Bertz CT molecular complexity index is 86.4. The summed E-state index contributed by atoms with van der Waals surface area (Å²) in [6.45, 7) is 8.05. The van der Waals surface area contributed by atoms with Gasteiger partial charge in [0.25, 0.3) is 0 Å². The van der Waals surface area contributed by atoms with E-state index in [0.29, 0.717) is 5.54 Å². The van der Waals surface area contributed by atoms with Gasteiger partial charge in [0.2, 0.25) is 0 Å². The Balaban J connectivity index is 2.54. The van der Waals surface area contributed by atoms with Gasteiger partial charge in [0.05, 0.1) is 0 Å². The van der Waals surface area contributed by atoms with E-state index in [4.69, 9.17) is 0 Å². The first kappa shape index (κ1) is 6.09. The first-order chi connectivity index (χ1) is 3.63. The van der Waals surface area contributed by atoms with Crippen molar-refractivity contribution in [2.45, 2.75) is 32.7 Å². The van der Waals surface area contributed by atoms with Crippen LogP contribution < -0.4 is 5.32 Å². The van der Waals surface area contributed by atoms with E-state index in [9.17, 15) is 0 Å². The van der Waals surface area contributed by atoms with E-state index < -0.39 is 0 Å². The molecule has 8 heavy (non-hydrogen) atoms. The third-order valence-corrected chi connectivity index (χ3v) is 2.39. The van der Waals surface area contributed by atoms with Gasteiger partial charge in [-0.2, -0.15) is 0 Å². The molecule has 48 valence electrons. The smallest absolute Gasteiger partial charge is 0.0151 e. The van der Waals surface area contributed by atoms with Gasteiger partial charge in [0, 0.05) is 5.54 Å². The Morgan fingerprint density at radius 2 is 2.12 bits per heavy atom. The van der Waals surface area contributed by atoms with Gasteiger partial charge in [0.15, 0.2) is 0 Å². The minimum Gasteiger partial charge on any atom is -0.312 e. The van der Waals surface area contributed by atoms with Crippen molar-refractivity contribution in [1.82, 2.24) is 5.32 Å². The van der Waals surface area contributed by atoms with Gasteiger partial charge >= 0.3 is 0 Å². The number of hydrogen-bond acceptors (Lipinski definition) is 1. The lowest BCUT2D eigenvalue weighted by Crippen LogP contribution is -2.36. The van der Waals surface area contributed by atoms with Crippen molar-refractivity contribution in [3.8, 4) is 0 Å². The Morgan fingerprint density at radius 1 is 1.50 bits per heavy atom. The van der Waals surface area contributed by atoms with Crippen LogP contribution in [0.2, 0.25) is 0 Å². The molecule has 1 unspecified atom stereocenters. The molecule has 1 heterocycles. The third kappa shape index (κ3) is 0.873. The molecular weight excluding hydrogens is 98.1 g/mol. The Hall–Kier alpha value is -0.0400. The number of hydrogen-bond donors (Lipinski definition) is 1. The summed E-state index contributed by atoms with van der Waals surface area (Å²) in [6, 6.07) is 0. The summed E-state index contributed by atoms with van der Waals surface area (Å²) < 4.78 is 0. The molecule has 0 saturated carbocycles. The van der Waals surface area contributed by atoms with Crippen LogP contribution in [-0.2, 0) is 0 Å². The van der Waals surface area contributed by atoms with Crippen LogP contribution in [0.3, 0.4) is 0 Å². The van der Waals surface area contributed by atoms with Crippen molar-refractivity contribution in [2.24, 2.45) is 5.92 Å². The monoisotopic (exact) mass is 113 g/mol. The highest BCUT2D eigenvalue weighted by atomic mass is 15.0. The highest BCUT2D eigenvalue weighted by Crippen LogP contribution is 2.24. The van der Waals surface area contributed by atoms with Crippen LogP contribution in [0, 0.1) is 5.92 Å². The molecule has 1 nitrogen and oxygen atoms in total. The van der Waals surface area contributed by atoms with Crippen LogP contribution in [0.4, 0.5) is 0 Å². The van der Waals surface area contributed by atoms with Crippen LogP contribution in [0.15, 0.2) is 0 Å². The van der Waals surface area contributed by atoms with Crippen LogP contribution in [0.25, 0.3) is 0 Å². The summed E-state index contributed by atoms with van der Waals surface area (Å²) in [5, 5.41) is 3.45. The van der Waals surface area contributed by atoms with E-state index in [1.807, 2.05) is 0 Å². The summed E-state index contributed by atoms with van der Waals surface area (Å²) in [4.78, 5) is 0. The van der Waals surface area contributed by atoms with E-state index in [0.717, 1.165) is 5.92 Å². The fourth-order valence-electron chi connectivity index (χ4n) is 1.15. The second-order valence-electron chi connectivity index (χ2n) is 3.34. The lowest BCUT2D eigenvalue weighted by atomic mass is 9.91. The highest BCUT2D eigenvalue weighted by Gasteiger charge is 2.29. The molecule has 0 aromatic heterocycles. The number of nitrogens with one attached hydrogen (secondary N) is 1. The van der Waals surface area contributed by atoms with Crippen molar-refractivity contribution < 1.29 is 0 Å². The van der Waals surface area contributed by atoms with Crippen molar-refractivity contribution in [3.63, 3.8) is 0 Å². The zero-order chi connectivity index (χ0) is 6.20. The van der Waals surface area contributed by atoms with Crippen LogP contribution in [0.5, 0.6) is 0 Å². The van der Waals surface area contributed by atoms with E-state index in [-0.39, 0.29) is 0 Å². The van der Waals surface area contributed by atoms with Gasteiger partial charge in [-0.15, -0.1) is 0 Å². The maximum absolute atomic E-state index is 3.45. The SMILES string of the molecule is CC1CCNC1(C)C. The van der Waals surface area contributed by atoms with E-state index in [2.05, 4.69) is 26.1 Å². The van der Waals surface area contributed by atoms with E-state index in [1.54, 1.807) is 0 Å². The standard InChI is InChI=1S/C7H15N/c1-6-4-5-8-7(6,2)3/h6,8H,4-5H2,1-3H3. The van der Waals surface area contributed by atoms with Crippen molar-refractivity contribution in [1.29, 1.82) is 0 Å². The fourth-order valence-corrected chi connectivity index (χ4v) is 1.15. The molecule has 1 N–H and O–H groups in total. The molecule has 0 aromatic carbocycles. The molecule has 1 rings (SSSR count). The summed E-state index contributed by atoms with van der Waals surface area (Å²) >= 11 is 0. The first-order valence-electron chi connectivity index (χ1n) is 3.38. The maximum Gasteiger partial charge on any atom is 0.0151 e. The summed E-state index contributed by atoms with van der Waals surface area (Å²) in [5.41, 5.74) is 0.403. The minimum atomic E-state index is 0.403. The molecule has 1 saturated heterocycles. The molecule has 0 aliphatic carbocycles. The summed E-state index contributed by atoms with van der Waals surface area (Å²) in [6.07, 6.45) is 1.34. The molecule has 0 aromatic rings. The molecule has 0 bridgehead atoms. The Labute approximate surface area is 51.5 Å². The zero-order valence-electron chi connectivity index (χ0n) is 5.99. The third-order valence-electron chi connectivity index (χ3n) is 2.39. The molecule has 1 aliphatic rings. The molecule has 1 aliphatic heterocycles.